The molecule has 2 aliphatic heterocycles. The topological polar surface area (TPSA) is 132 Å². The van der Waals surface area contributed by atoms with Crippen LogP contribution in [0.4, 0.5) is 21.5 Å². The summed E-state index contributed by atoms with van der Waals surface area (Å²) in [6.45, 7) is -0.331. The zero-order chi connectivity index (χ0) is 31.4. The van der Waals surface area contributed by atoms with Gasteiger partial charge in [0.05, 0.1) is 21.6 Å². The Morgan fingerprint density at radius 1 is 0.911 bits per heavy atom. The van der Waals surface area contributed by atoms with Crippen LogP contribution in [0.25, 0.3) is 10.8 Å². The van der Waals surface area contributed by atoms with Crippen LogP contribution in [0.5, 0.6) is 0 Å². The Labute approximate surface area is 262 Å². The Hall–Kier alpha value is -5.14. The number of hydrogen-bond donors (Lipinski definition) is 1. The van der Waals surface area contributed by atoms with Crippen LogP contribution in [0.3, 0.4) is 0 Å². The molecule has 1 fully saturated rings. The van der Waals surface area contributed by atoms with E-state index in [4.69, 9.17) is 0 Å². The van der Waals surface area contributed by atoms with Gasteiger partial charge in [-0.2, -0.15) is 0 Å². The van der Waals surface area contributed by atoms with Crippen LogP contribution >= 0.6 is 23.1 Å². The second-order valence-corrected chi connectivity index (χ2v) is 12.7. The summed E-state index contributed by atoms with van der Waals surface area (Å²) in [7, 11) is 0. The van der Waals surface area contributed by atoms with E-state index >= 15 is 0 Å². The number of amides is 3. The fourth-order valence-corrected chi connectivity index (χ4v) is 8.70. The molecule has 13 heteroatoms. The molecule has 5 aromatic rings. The van der Waals surface area contributed by atoms with E-state index in [1.54, 1.807) is 6.07 Å². The number of carbonyl (C=O) groups excluding carboxylic acids is 3. The van der Waals surface area contributed by atoms with Gasteiger partial charge in [0.25, 0.3) is 5.69 Å². The highest BCUT2D eigenvalue weighted by Gasteiger charge is 2.56. The zero-order valence-corrected chi connectivity index (χ0v) is 24.7. The van der Waals surface area contributed by atoms with Crippen molar-refractivity contribution in [1.82, 2.24) is 4.57 Å². The average Bonchev–Trinajstić information content (AvgIpc) is 3.48. The fraction of sp³-hybridized carbons (Fsp3) is 0.125. The number of non-ortho nitro benzene ring substituents is 1. The lowest BCUT2D eigenvalue weighted by Crippen LogP contribution is -2.33. The number of aromatic nitrogens is 1. The van der Waals surface area contributed by atoms with Crippen molar-refractivity contribution < 1.29 is 23.7 Å². The molecule has 2 aliphatic rings. The third-order valence-corrected chi connectivity index (χ3v) is 10.6. The number of thioether (sulfide) groups is 1. The normalized spacial score (nSPS) is 19.0. The summed E-state index contributed by atoms with van der Waals surface area (Å²) >= 11 is 1.93. The first-order chi connectivity index (χ1) is 21.7. The monoisotopic (exact) mass is 640 g/mol. The first-order valence-corrected chi connectivity index (χ1v) is 15.5. The third kappa shape index (κ3) is 4.89. The van der Waals surface area contributed by atoms with E-state index in [9.17, 15) is 33.7 Å². The number of fused-ring (bicyclic) bond motifs is 3. The highest BCUT2D eigenvalue weighted by molar-refractivity contribution is 8.00. The number of imide groups is 1. The summed E-state index contributed by atoms with van der Waals surface area (Å²) in [5.41, 5.74) is 1.11. The van der Waals surface area contributed by atoms with Gasteiger partial charge in [-0.25, -0.2) is 9.29 Å². The van der Waals surface area contributed by atoms with E-state index in [1.807, 2.05) is 36.4 Å². The predicted octanol–water partition coefficient (Wildman–Crippen LogP) is 5.54. The number of nitro benzene ring substituents is 1. The van der Waals surface area contributed by atoms with Crippen LogP contribution in [-0.4, -0.2) is 32.5 Å². The number of anilines is 2. The SMILES string of the molecule is O=C(Cn1c2c(sc1=O)[C@H](c1ccc(F)cc1)C1C(=O)N(c3ccc([N+](=O)[O-])cc3)C(=O)C1S2)Nc1cccc2ccccc12. The van der Waals surface area contributed by atoms with Crippen molar-refractivity contribution >= 4 is 68.7 Å². The average molecular weight is 641 g/mol. The molecule has 45 heavy (non-hydrogen) atoms. The van der Waals surface area contributed by atoms with Crippen molar-refractivity contribution in [3.8, 4) is 0 Å². The number of rotatable bonds is 6. The molecule has 7 rings (SSSR count). The largest absolute Gasteiger partial charge is 0.324 e. The lowest BCUT2D eigenvalue weighted by Gasteiger charge is -2.30. The maximum absolute atomic E-state index is 13.9. The van der Waals surface area contributed by atoms with E-state index in [-0.39, 0.29) is 17.9 Å². The number of nitrogens with one attached hydrogen (secondary N) is 1. The van der Waals surface area contributed by atoms with Crippen molar-refractivity contribution in [3.63, 3.8) is 0 Å². The van der Waals surface area contributed by atoms with Crippen LogP contribution in [0.15, 0.2) is 101 Å². The molecule has 0 aliphatic carbocycles. The maximum Gasteiger partial charge on any atom is 0.308 e. The minimum atomic E-state index is -0.961. The quantitative estimate of drug-likeness (QED) is 0.146. The standard InChI is InChI=1S/C32H21FN4O6S2/c33-19-10-8-18(9-11-19)25-26-27(30(40)36(29(26)39)20-12-14-21(15-13-20)37(42)43)44-31-28(25)45-32(41)35(31)16-24(38)34-23-7-3-5-17-4-1-2-6-22(17)23/h1-15,25-27H,16H2,(H,34,38)/t25-,26?,27?/m1/s1. The molecule has 0 saturated carbocycles. The molecule has 1 saturated heterocycles. The van der Waals surface area contributed by atoms with Crippen LogP contribution in [0.2, 0.25) is 0 Å². The van der Waals surface area contributed by atoms with Gasteiger partial charge in [-0.15, -0.1) is 0 Å². The molecule has 3 atom stereocenters. The summed E-state index contributed by atoms with van der Waals surface area (Å²) in [4.78, 5) is 66.1. The van der Waals surface area contributed by atoms with Gasteiger partial charge in [-0.05, 0) is 41.3 Å². The fourth-order valence-electron chi connectivity index (χ4n) is 5.93. The molecule has 0 spiro atoms. The van der Waals surface area contributed by atoms with Gasteiger partial charge in [-0.1, -0.05) is 71.6 Å². The highest BCUT2D eigenvalue weighted by atomic mass is 32.2. The maximum atomic E-state index is 13.9. The number of nitrogens with zero attached hydrogens (tertiary/aromatic N) is 3. The number of nitro groups is 1. The number of halogens is 1. The molecule has 1 N–H and O–H groups in total. The molecule has 2 unspecified atom stereocenters. The summed E-state index contributed by atoms with van der Waals surface area (Å²) in [6, 6.07) is 23.7. The van der Waals surface area contributed by atoms with Gasteiger partial charge >= 0.3 is 4.87 Å². The van der Waals surface area contributed by atoms with Gasteiger partial charge in [0.15, 0.2) is 0 Å². The Morgan fingerprint density at radius 2 is 1.62 bits per heavy atom. The lowest BCUT2D eigenvalue weighted by molar-refractivity contribution is -0.384. The number of thiazole rings is 1. The van der Waals surface area contributed by atoms with Crippen molar-refractivity contribution in [2.24, 2.45) is 5.92 Å². The molecule has 0 bridgehead atoms. The first-order valence-electron chi connectivity index (χ1n) is 13.8. The van der Waals surface area contributed by atoms with Crippen LogP contribution < -0.4 is 15.1 Å². The minimum absolute atomic E-state index is 0.179. The number of hydrogen-bond acceptors (Lipinski definition) is 8. The summed E-state index contributed by atoms with van der Waals surface area (Å²) < 4.78 is 15.2. The van der Waals surface area contributed by atoms with Gasteiger partial charge < -0.3 is 5.32 Å². The van der Waals surface area contributed by atoms with E-state index in [0.717, 1.165) is 38.8 Å². The Morgan fingerprint density at radius 3 is 2.36 bits per heavy atom. The molecule has 1 aromatic heterocycles. The van der Waals surface area contributed by atoms with E-state index < -0.39 is 50.4 Å². The van der Waals surface area contributed by atoms with Crippen molar-refractivity contribution in [1.29, 1.82) is 0 Å². The highest BCUT2D eigenvalue weighted by Crippen LogP contribution is 2.54. The molecule has 4 aromatic carbocycles. The van der Waals surface area contributed by atoms with Crippen molar-refractivity contribution in [2.75, 3.05) is 10.2 Å². The summed E-state index contributed by atoms with van der Waals surface area (Å²) in [6.07, 6.45) is 0. The van der Waals surface area contributed by atoms with E-state index in [2.05, 4.69) is 5.32 Å². The minimum Gasteiger partial charge on any atom is -0.324 e. The smallest absolute Gasteiger partial charge is 0.308 e. The Balaban J connectivity index is 1.27. The number of benzene rings is 4. The molecule has 3 heterocycles. The van der Waals surface area contributed by atoms with Crippen molar-refractivity contribution in [3.05, 3.63) is 127 Å². The summed E-state index contributed by atoms with van der Waals surface area (Å²) in [5, 5.41) is 15.2. The molecular formula is C32H21FN4O6S2. The zero-order valence-electron chi connectivity index (χ0n) is 23.1. The van der Waals surface area contributed by atoms with Gasteiger partial charge in [0, 0.05) is 34.0 Å². The molecular weight excluding hydrogens is 620 g/mol. The van der Waals surface area contributed by atoms with Crippen LogP contribution in [-0.2, 0) is 20.9 Å². The Bertz CT molecular complexity index is 2090. The van der Waals surface area contributed by atoms with E-state index in [0.29, 0.717) is 21.2 Å². The third-order valence-electron chi connectivity index (χ3n) is 7.96. The van der Waals surface area contributed by atoms with Gasteiger partial charge in [0.2, 0.25) is 17.7 Å². The second kappa shape index (κ2) is 11.1. The molecule has 10 nitrogen and oxygen atoms in total. The lowest BCUT2D eigenvalue weighted by atomic mass is 9.83. The van der Waals surface area contributed by atoms with Crippen LogP contribution in [0.1, 0.15) is 16.4 Å². The summed E-state index contributed by atoms with van der Waals surface area (Å²) in [5.74, 6) is -3.73. The van der Waals surface area contributed by atoms with Crippen LogP contribution in [0, 0.1) is 21.8 Å². The molecule has 224 valence electrons. The van der Waals surface area contributed by atoms with Crippen molar-refractivity contribution in [2.45, 2.75) is 22.7 Å². The molecule has 3 amide bonds. The van der Waals surface area contributed by atoms with Gasteiger partial charge in [-0.3, -0.25) is 33.9 Å². The second-order valence-electron chi connectivity index (χ2n) is 10.6. The van der Waals surface area contributed by atoms with E-state index in [1.165, 1.54) is 53.1 Å². The number of carbonyl (C=O) groups is 3. The first kappa shape index (κ1) is 28.6. The van der Waals surface area contributed by atoms with Gasteiger partial charge in [0.1, 0.15) is 17.6 Å². The molecule has 0 radical (unpaired) electrons. The Kier molecular flexibility index (Phi) is 7.06. The predicted molar refractivity (Wildman–Crippen MR) is 168 cm³/mol.